The molecule has 0 aromatic heterocycles. The van der Waals surface area contributed by atoms with E-state index >= 15 is 0 Å². The van der Waals surface area contributed by atoms with Crippen LogP contribution in [0.25, 0.3) is 0 Å². The number of halogens is 1. The van der Waals surface area contributed by atoms with Crippen LogP contribution in [-0.2, 0) is 19.8 Å². The molecule has 3 rings (SSSR count). The minimum atomic E-state index is -0.480. The highest BCUT2D eigenvalue weighted by Crippen LogP contribution is 2.31. The lowest BCUT2D eigenvalue weighted by Gasteiger charge is -2.38. The van der Waals surface area contributed by atoms with E-state index in [0.717, 1.165) is 5.56 Å². The van der Waals surface area contributed by atoms with Crippen molar-refractivity contribution in [2.75, 3.05) is 32.8 Å². The molecule has 2 aliphatic rings. The van der Waals surface area contributed by atoms with Crippen molar-refractivity contribution in [2.45, 2.75) is 38.0 Å². The molecule has 5 nitrogen and oxygen atoms in total. The van der Waals surface area contributed by atoms with Gasteiger partial charge in [-0.25, -0.2) is 4.39 Å². The highest BCUT2D eigenvalue weighted by molar-refractivity contribution is 5.78. The van der Waals surface area contributed by atoms with Gasteiger partial charge in [0.1, 0.15) is 5.82 Å². The van der Waals surface area contributed by atoms with Crippen LogP contribution in [0.1, 0.15) is 32.3 Å². The second-order valence-electron chi connectivity index (χ2n) is 6.98. The number of hydrogen-bond donors (Lipinski definition) is 1. The predicted octanol–water partition coefficient (Wildman–Crippen LogP) is 2.02. The normalized spacial score (nSPS) is 20.5. The fourth-order valence-corrected chi connectivity index (χ4v) is 3.27. The average Bonchev–Trinajstić information content (AvgIpc) is 3.01. The lowest BCUT2D eigenvalue weighted by atomic mass is 9.94. The number of carbonyl (C=O) groups is 1. The van der Waals surface area contributed by atoms with Crippen molar-refractivity contribution in [1.29, 1.82) is 0 Å². The van der Waals surface area contributed by atoms with Crippen LogP contribution in [0, 0.1) is 5.82 Å². The maximum Gasteiger partial charge on any atom is 0.236 e. The average molecular weight is 336 g/mol. The summed E-state index contributed by atoms with van der Waals surface area (Å²) < 4.78 is 24.8. The van der Waals surface area contributed by atoms with Crippen LogP contribution in [0.2, 0.25) is 0 Å². The largest absolute Gasteiger partial charge is 0.347 e. The number of nitrogens with one attached hydrogen (secondary N) is 1. The van der Waals surface area contributed by atoms with Gasteiger partial charge in [0.15, 0.2) is 5.79 Å². The van der Waals surface area contributed by atoms with E-state index in [1.54, 1.807) is 6.07 Å². The van der Waals surface area contributed by atoms with Gasteiger partial charge in [0.05, 0.1) is 19.8 Å². The standard InChI is InChI=1S/C18H25FN2O3/c1-17(2,14-4-3-5-15(19)12-14)20-13-16(22)21-8-6-18(7-9-21)23-10-11-24-18/h3-5,12,20H,6-11,13H2,1-2H3. The molecule has 2 saturated heterocycles. The Bertz CT molecular complexity index is 590. The van der Waals surface area contributed by atoms with E-state index in [1.807, 2.05) is 24.8 Å². The third-order valence-electron chi connectivity index (χ3n) is 4.92. The van der Waals surface area contributed by atoms with E-state index in [-0.39, 0.29) is 18.3 Å². The Labute approximate surface area is 142 Å². The molecular formula is C18H25FN2O3. The fourth-order valence-electron chi connectivity index (χ4n) is 3.27. The summed E-state index contributed by atoms with van der Waals surface area (Å²) in [6.07, 6.45) is 1.43. The van der Waals surface area contributed by atoms with Gasteiger partial charge in [0.2, 0.25) is 5.91 Å². The monoisotopic (exact) mass is 336 g/mol. The Balaban J connectivity index is 1.52. The summed E-state index contributed by atoms with van der Waals surface area (Å²) >= 11 is 0. The topological polar surface area (TPSA) is 50.8 Å². The minimum absolute atomic E-state index is 0.0484. The van der Waals surface area contributed by atoms with Crippen molar-refractivity contribution in [3.8, 4) is 0 Å². The molecule has 2 aliphatic heterocycles. The maximum absolute atomic E-state index is 13.4. The second kappa shape index (κ2) is 6.78. The van der Waals surface area contributed by atoms with Crippen molar-refractivity contribution in [3.05, 3.63) is 35.6 Å². The number of likely N-dealkylation sites (tertiary alicyclic amines) is 1. The van der Waals surface area contributed by atoms with E-state index in [4.69, 9.17) is 9.47 Å². The molecule has 0 radical (unpaired) electrons. The molecule has 6 heteroatoms. The second-order valence-corrected chi connectivity index (χ2v) is 6.98. The number of carbonyl (C=O) groups excluding carboxylic acids is 1. The number of hydrogen-bond acceptors (Lipinski definition) is 4. The minimum Gasteiger partial charge on any atom is -0.347 e. The number of rotatable bonds is 4. The first-order valence-electron chi connectivity index (χ1n) is 8.47. The van der Waals surface area contributed by atoms with E-state index in [2.05, 4.69) is 5.32 Å². The van der Waals surface area contributed by atoms with Crippen LogP contribution in [-0.4, -0.2) is 49.4 Å². The molecule has 132 valence electrons. The zero-order valence-electron chi connectivity index (χ0n) is 14.3. The van der Waals surface area contributed by atoms with E-state index in [9.17, 15) is 9.18 Å². The van der Waals surface area contributed by atoms with Gasteiger partial charge in [-0.3, -0.25) is 10.1 Å². The Morgan fingerprint density at radius 3 is 2.58 bits per heavy atom. The van der Waals surface area contributed by atoms with Gasteiger partial charge in [0, 0.05) is 31.5 Å². The summed E-state index contributed by atoms with van der Waals surface area (Å²) in [4.78, 5) is 14.3. The number of benzene rings is 1. The van der Waals surface area contributed by atoms with Gasteiger partial charge >= 0.3 is 0 Å². The van der Waals surface area contributed by atoms with Crippen molar-refractivity contribution in [2.24, 2.45) is 0 Å². The molecule has 0 saturated carbocycles. The van der Waals surface area contributed by atoms with Crippen molar-refractivity contribution in [3.63, 3.8) is 0 Å². The molecule has 2 heterocycles. The molecule has 2 fully saturated rings. The summed E-state index contributed by atoms with van der Waals surface area (Å²) in [5, 5.41) is 3.24. The highest BCUT2D eigenvalue weighted by atomic mass is 19.1. The van der Waals surface area contributed by atoms with Gasteiger partial charge in [-0.15, -0.1) is 0 Å². The first kappa shape index (κ1) is 17.3. The molecule has 0 aliphatic carbocycles. The smallest absolute Gasteiger partial charge is 0.236 e. The zero-order chi connectivity index (χ0) is 17.2. The summed E-state index contributed by atoms with van der Waals surface area (Å²) in [5.41, 5.74) is 0.340. The van der Waals surface area contributed by atoms with Gasteiger partial charge in [-0.2, -0.15) is 0 Å². The number of amides is 1. The van der Waals surface area contributed by atoms with E-state index < -0.39 is 11.3 Å². The Morgan fingerprint density at radius 1 is 1.29 bits per heavy atom. The third kappa shape index (κ3) is 3.77. The number of nitrogens with zero attached hydrogens (tertiary/aromatic N) is 1. The SMILES string of the molecule is CC(C)(NCC(=O)N1CCC2(CC1)OCCO2)c1cccc(F)c1. The van der Waals surface area contributed by atoms with Crippen LogP contribution in [0.15, 0.2) is 24.3 Å². The molecule has 1 aromatic rings. The zero-order valence-corrected chi connectivity index (χ0v) is 14.3. The molecule has 0 atom stereocenters. The molecule has 1 aromatic carbocycles. The first-order chi connectivity index (χ1) is 11.4. The number of ether oxygens (including phenoxy) is 2. The summed E-state index contributed by atoms with van der Waals surface area (Å²) in [6, 6.07) is 6.46. The first-order valence-corrected chi connectivity index (χ1v) is 8.47. The molecule has 0 unspecified atom stereocenters. The quantitative estimate of drug-likeness (QED) is 0.914. The predicted molar refractivity (Wildman–Crippen MR) is 87.9 cm³/mol. The summed E-state index contributed by atoms with van der Waals surface area (Å²) in [6.45, 7) is 6.66. The highest BCUT2D eigenvalue weighted by Gasteiger charge is 2.40. The van der Waals surface area contributed by atoms with Gasteiger partial charge in [-0.05, 0) is 31.5 Å². The van der Waals surface area contributed by atoms with Gasteiger partial charge in [0.25, 0.3) is 0 Å². The van der Waals surface area contributed by atoms with Crippen LogP contribution in [0.5, 0.6) is 0 Å². The molecule has 1 spiro atoms. The third-order valence-corrected chi connectivity index (χ3v) is 4.92. The van der Waals surface area contributed by atoms with Crippen LogP contribution in [0.4, 0.5) is 4.39 Å². The maximum atomic E-state index is 13.4. The summed E-state index contributed by atoms with van der Waals surface area (Å²) in [5.74, 6) is -0.690. The molecule has 1 amide bonds. The Kier molecular flexibility index (Phi) is 4.90. The van der Waals surface area contributed by atoms with Crippen molar-refractivity contribution in [1.82, 2.24) is 10.2 Å². The van der Waals surface area contributed by atoms with Gasteiger partial charge < -0.3 is 14.4 Å². The van der Waals surface area contributed by atoms with E-state index in [0.29, 0.717) is 39.1 Å². The summed E-state index contributed by atoms with van der Waals surface area (Å²) in [7, 11) is 0. The van der Waals surface area contributed by atoms with Crippen LogP contribution in [0.3, 0.4) is 0 Å². The molecule has 1 N–H and O–H groups in total. The molecule has 0 bridgehead atoms. The lowest BCUT2D eigenvalue weighted by Crippen LogP contribution is -2.51. The van der Waals surface area contributed by atoms with Crippen LogP contribution >= 0.6 is 0 Å². The Hall–Kier alpha value is -1.50. The lowest BCUT2D eigenvalue weighted by molar-refractivity contribution is -0.187. The number of piperidine rings is 1. The molecular weight excluding hydrogens is 311 g/mol. The van der Waals surface area contributed by atoms with Crippen LogP contribution < -0.4 is 5.32 Å². The van der Waals surface area contributed by atoms with E-state index in [1.165, 1.54) is 12.1 Å². The Morgan fingerprint density at radius 2 is 1.96 bits per heavy atom. The van der Waals surface area contributed by atoms with Gasteiger partial charge in [-0.1, -0.05) is 12.1 Å². The molecule has 24 heavy (non-hydrogen) atoms. The van der Waals surface area contributed by atoms with Crippen molar-refractivity contribution < 1.29 is 18.7 Å². The fraction of sp³-hybridized carbons (Fsp3) is 0.611. The van der Waals surface area contributed by atoms with Crippen molar-refractivity contribution >= 4 is 5.91 Å².